The van der Waals surface area contributed by atoms with Crippen molar-refractivity contribution in [3.05, 3.63) is 89.4 Å². The lowest BCUT2D eigenvalue weighted by Gasteiger charge is -2.40. The summed E-state index contributed by atoms with van der Waals surface area (Å²) in [5, 5.41) is 0. The molecule has 3 aromatic rings. The highest BCUT2D eigenvalue weighted by molar-refractivity contribution is 5.94. The van der Waals surface area contributed by atoms with Crippen molar-refractivity contribution in [1.29, 1.82) is 0 Å². The van der Waals surface area contributed by atoms with Crippen LogP contribution >= 0.6 is 0 Å². The van der Waals surface area contributed by atoms with Crippen molar-refractivity contribution in [2.24, 2.45) is 5.92 Å². The summed E-state index contributed by atoms with van der Waals surface area (Å²) in [7, 11) is 3.37. The molecule has 1 aliphatic rings. The third kappa shape index (κ3) is 5.37. The van der Waals surface area contributed by atoms with Gasteiger partial charge in [0.1, 0.15) is 5.75 Å². The number of carbonyl (C=O) groups excluding carboxylic acids is 2. The number of rotatable bonds is 7. The number of hydrogen-bond donors (Lipinski definition) is 0. The molecule has 184 valence electrons. The topological polar surface area (TPSA) is 63.0 Å². The summed E-state index contributed by atoms with van der Waals surface area (Å²) < 4.78 is 38.5. The van der Waals surface area contributed by atoms with Crippen LogP contribution in [0.1, 0.15) is 39.3 Å². The second-order valence-electron chi connectivity index (χ2n) is 8.75. The van der Waals surface area contributed by atoms with Gasteiger partial charge in [0.25, 0.3) is 11.8 Å². The van der Waals surface area contributed by atoms with Crippen LogP contribution in [0.3, 0.4) is 0 Å². The molecule has 35 heavy (non-hydrogen) atoms. The molecule has 1 saturated heterocycles. The van der Waals surface area contributed by atoms with Gasteiger partial charge >= 0.3 is 0 Å². The first-order valence-electron chi connectivity index (χ1n) is 11.6. The van der Waals surface area contributed by atoms with Gasteiger partial charge in [-0.2, -0.15) is 0 Å². The van der Waals surface area contributed by atoms with Crippen LogP contribution in [0.4, 0.5) is 8.78 Å². The number of methoxy groups -OCH3 is 1. The number of piperidine rings is 1. The predicted octanol–water partition coefficient (Wildman–Crippen LogP) is 4.80. The van der Waals surface area contributed by atoms with E-state index < -0.39 is 17.5 Å². The van der Waals surface area contributed by atoms with E-state index in [4.69, 9.17) is 9.15 Å². The number of carbonyl (C=O) groups is 2. The zero-order valence-electron chi connectivity index (χ0n) is 19.7. The Kier molecular flexibility index (Phi) is 7.48. The molecule has 0 aliphatic carbocycles. The van der Waals surface area contributed by atoms with Gasteiger partial charge in [-0.15, -0.1) is 0 Å². The van der Waals surface area contributed by atoms with Crippen molar-refractivity contribution in [1.82, 2.24) is 9.80 Å². The van der Waals surface area contributed by atoms with Crippen LogP contribution in [-0.4, -0.2) is 54.9 Å². The van der Waals surface area contributed by atoms with Crippen LogP contribution in [0.5, 0.6) is 5.75 Å². The lowest BCUT2D eigenvalue weighted by Crippen LogP contribution is -2.48. The first-order valence-corrected chi connectivity index (χ1v) is 11.6. The summed E-state index contributed by atoms with van der Waals surface area (Å²) in [6.07, 6.45) is 3.30. The highest BCUT2D eigenvalue weighted by Gasteiger charge is 2.34. The summed E-state index contributed by atoms with van der Waals surface area (Å²) in [6.45, 7) is 0.772. The molecule has 8 heteroatoms. The van der Waals surface area contributed by atoms with Crippen molar-refractivity contribution in [2.45, 2.75) is 25.3 Å². The van der Waals surface area contributed by atoms with Gasteiger partial charge in [-0.1, -0.05) is 18.2 Å². The Hall–Kier alpha value is -3.68. The molecule has 4 rings (SSSR count). The second-order valence-corrected chi connectivity index (χ2v) is 8.75. The van der Waals surface area contributed by atoms with Gasteiger partial charge in [0, 0.05) is 26.2 Å². The first kappa shape index (κ1) is 24.4. The summed E-state index contributed by atoms with van der Waals surface area (Å²) in [5.74, 6) is -1.82. The van der Waals surface area contributed by atoms with Gasteiger partial charge in [0.05, 0.1) is 18.9 Å². The fraction of sp³-hybridized carbons (Fsp3) is 0.333. The average Bonchev–Trinajstić information content (AvgIpc) is 3.43. The quantitative estimate of drug-likeness (QED) is 0.485. The molecular formula is C27H28F2N2O4. The number of amides is 2. The summed E-state index contributed by atoms with van der Waals surface area (Å²) >= 11 is 0. The van der Waals surface area contributed by atoms with Gasteiger partial charge in [0.2, 0.25) is 0 Å². The standard InChI is InChI=1S/C27H28F2N2O4/c1-30(27(33)24-10-5-15-35-24)23(17-18-6-3-7-20(16-18)34-2)19-11-13-31(14-12-19)26(32)21-8-4-9-22(28)25(21)29/h3-10,15-16,19,23H,11-14,17H2,1-2H3/t23-/m0/s1. The predicted molar refractivity (Wildman–Crippen MR) is 126 cm³/mol. The minimum atomic E-state index is -1.13. The largest absolute Gasteiger partial charge is 0.497 e. The molecular weight excluding hydrogens is 454 g/mol. The van der Waals surface area contributed by atoms with Gasteiger partial charge < -0.3 is 19.0 Å². The maximum Gasteiger partial charge on any atom is 0.289 e. The molecule has 1 aliphatic heterocycles. The highest BCUT2D eigenvalue weighted by Crippen LogP contribution is 2.29. The Bertz CT molecular complexity index is 1170. The van der Waals surface area contributed by atoms with E-state index in [0.717, 1.165) is 17.4 Å². The van der Waals surface area contributed by atoms with Crippen molar-refractivity contribution < 1.29 is 27.5 Å². The molecule has 6 nitrogen and oxygen atoms in total. The minimum Gasteiger partial charge on any atom is -0.497 e. The number of hydrogen-bond acceptors (Lipinski definition) is 4. The minimum absolute atomic E-state index is 0.0894. The van der Waals surface area contributed by atoms with Crippen molar-refractivity contribution >= 4 is 11.8 Å². The number of likely N-dealkylation sites (N-methyl/N-ethyl adjacent to an activating group) is 1. The summed E-state index contributed by atoms with van der Waals surface area (Å²) in [4.78, 5) is 29.2. The number of likely N-dealkylation sites (tertiary alicyclic amines) is 1. The maximum absolute atomic E-state index is 14.2. The van der Waals surface area contributed by atoms with Gasteiger partial charge in [-0.25, -0.2) is 8.78 Å². The lowest BCUT2D eigenvalue weighted by atomic mass is 9.84. The molecule has 0 spiro atoms. The number of benzene rings is 2. The van der Waals surface area contributed by atoms with Crippen LogP contribution in [-0.2, 0) is 6.42 Å². The van der Waals surface area contributed by atoms with Crippen LogP contribution in [0, 0.1) is 17.6 Å². The first-order chi connectivity index (χ1) is 16.9. The van der Waals surface area contributed by atoms with E-state index in [9.17, 15) is 18.4 Å². The third-order valence-electron chi connectivity index (χ3n) is 6.68. The van der Waals surface area contributed by atoms with Gasteiger partial charge in [0.15, 0.2) is 17.4 Å². The molecule has 0 saturated carbocycles. The Labute approximate surface area is 203 Å². The van der Waals surface area contributed by atoms with E-state index >= 15 is 0 Å². The second kappa shape index (κ2) is 10.7. The molecule has 0 radical (unpaired) electrons. The molecule has 1 atom stereocenters. The molecule has 2 heterocycles. The Morgan fingerprint density at radius 3 is 2.54 bits per heavy atom. The van der Waals surface area contributed by atoms with E-state index in [1.165, 1.54) is 18.4 Å². The fourth-order valence-electron chi connectivity index (χ4n) is 4.71. The zero-order chi connectivity index (χ0) is 24.9. The van der Waals surface area contributed by atoms with Crippen molar-refractivity contribution in [3.8, 4) is 5.75 Å². The van der Waals surface area contributed by atoms with Gasteiger partial charge in [-0.05, 0) is 67.1 Å². The van der Waals surface area contributed by atoms with E-state index in [1.807, 2.05) is 24.3 Å². The third-order valence-corrected chi connectivity index (χ3v) is 6.68. The van der Waals surface area contributed by atoms with E-state index in [0.29, 0.717) is 32.4 Å². The summed E-state index contributed by atoms with van der Waals surface area (Å²) in [6, 6.07) is 14.5. The average molecular weight is 483 g/mol. The molecule has 2 amide bonds. The van der Waals surface area contributed by atoms with E-state index in [2.05, 4.69) is 0 Å². The van der Waals surface area contributed by atoms with Gasteiger partial charge in [-0.3, -0.25) is 9.59 Å². The fourth-order valence-corrected chi connectivity index (χ4v) is 4.71. The Morgan fingerprint density at radius 2 is 1.86 bits per heavy atom. The van der Waals surface area contributed by atoms with Crippen LogP contribution in [0.25, 0.3) is 0 Å². The number of furan rings is 1. The maximum atomic E-state index is 14.2. The van der Waals surface area contributed by atoms with E-state index in [1.54, 1.807) is 36.1 Å². The van der Waals surface area contributed by atoms with E-state index in [-0.39, 0.29) is 29.2 Å². The van der Waals surface area contributed by atoms with Crippen LogP contribution in [0.15, 0.2) is 65.3 Å². The lowest BCUT2D eigenvalue weighted by molar-refractivity contribution is 0.0502. The van der Waals surface area contributed by atoms with Crippen molar-refractivity contribution in [3.63, 3.8) is 0 Å². The smallest absolute Gasteiger partial charge is 0.289 e. The summed E-state index contributed by atoms with van der Waals surface area (Å²) in [5.41, 5.74) is 0.760. The van der Waals surface area contributed by atoms with Crippen LogP contribution in [0.2, 0.25) is 0 Å². The van der Waals surface area contributed by atoms with Crippen molar-refractivity contribution in [2.75, 3.05) is 27.2 Å². The SMILES string of the molecule is COc1cccc(C[C@@H](C2CCN(C(=O)c3cccc(F)c3F)CC2)N(C)C(=O)c2ccco2)c1. The molecule has 1 aromatic heterocycles. The molecule has 0 N–H and O–H groups in total. The molecule has 0 bridgehead atoms. The zero-order valence-corrected chi connectivity index (χ0v) is 19.7. The molecule has 0 unspecified atom stereocenters. The highest BCUT2D eigenvalue weighted by atomic mass is 19.2. The Balaban J connectivity index is 1.52. The molecule has 1 fully saturated rings. The molecule has 2 aromatic carbocycles. The number of nitrogens with zero attached hydrogens (tertiary/aromatic N) is 2. The number of ether oxygens (including phenoxy) is 1. The monoisotopic (exact) mass is 482 g/mol. The van der Waals surface area contributed by atoms with Crippen LogP contribution < -0.4 is 4.74 Å². The number of halogens is 2. The normalized spacial score (nSPS) is 15.0. The Morgan fingerprint density at radius 1 is 1.11 bits per heavy atom.